The third kappa shape index (κ3) is 8.17. The second kappa shape index (κ2) is 12.6. The predicted molar refractivity (Wildman–Crippen MR) is 122 cm³/mol. The van der Waals surface area contributed by atoms with Crippen molar-refractivity contribution in [3.63, 3.8) is 0 Å². The van der Waals surface area contributed by atoms with Crippen molar-refractivity contribution in [2.45, 2.75) is 20.0 Å². The molecule has 8 heteroatoms. The molecule has 0 unspecified atom stereocenters. The fourth-order valence-electron chi connectivity index (χ4n) is 2.17. The van der Waals surface area contributed by atoms with Gasteiger partial charge in [0.25, 0.3) is 0 Å². The molecule has 0 aliphatic rings. The molecule has 2 N–H and O–H groups in total. The topological polar surface area (TPSA) is 66.0 Å². The molecular weight excluding hydrogens is 475 g/mol. The summed E-state index contributed by atoms with van der Waals surface area (Å²) in [5.74, 6) is 1.42. The summed E-state index contributed by atoms with van der Waals surface area (Å²) in [6, 6.07) is 11.9. The Labute approximate surface area is 182 Å². The lowest BCUT2D eigenvalue weighted by Crippen LogP contribution is -2.42. The van der Waals surface area contributed by atoms with E-state index in [4.69, 9.17) is 4.74 Å². The molecule has 2 aromatic rings. The number of nitrogens with zero attached hydrogens (tertiary/aromatic N) is 2. The van der Waals surface area contributed by atoms with E-state index in [1.54, 1.807) is 30.3 Å². The van der Waals surface area contributed by atoms with Gasteiger partial charge in [-0.25, -0.2) is 4.99 Å². The molecule has 1 amide bonds. The molecule has 0 aliphatic carbocycles. The van der Waals surface area contributed by atoms with Crippen molar-refractivity contribution in [3.05, 3.63) is 52.2 Å². The average Bonchev–Trinajstić information content (AvgIpc) is 3.15. The monoisotopic (exact) mass is 502 g/mol. The molecule has 148 valence electrons. The molecule has 0 aliphatic heterocycles. The van der Waals surface area contributed by atoms with Gasteiger partial charge in [-0.3, -0.25) is 4.79 Å². The fraction of sp³-hybridized carbons (Fsp3) is 0.368. The van der Waals surface area contributed by atoms with Crippen LogP contribution in [0.2, 0.25) is 0 Å². The lowest BCUT2D eigenvalue weighted by Gasteiger charge is -2.15. The number of para-hydroxylation sites is 1. The second-order valence-corrected chi connectivity index (χ2v) is 6.81. The van der Waals surface area contributed by atoms with E-state index in [-0.39, 0.29) is 36.4 Å². The van der Waals surface area contributed by atoms with E-state index in [0.717, 1.165) is 11.3 Å². The van der Waals surface area contributed by atoms with E-state index in [0.29, 0.717) is 25.7 Å². The number of likely N-dealkylation sites (N-methyl/N-ethyl adjacent to an activating group) is 1. The number of nitrogens with one attached hydrogen (secondary N) is 2. The number of hydrogen-bond acceptors (Lipinski definition) is 4. The molecule has 0 atom stereocenters. The minimum absolute atomic E-state index is 0. The van der Waals surface area contributed by atoms with Crippen LogP contribution in [0.3, 0.4) is 0 Å². The third-order valence-corrected chi connectivity index (χ3v) is 4.47. The number of halogens is 1. The van der Waals surface area contributed by atoms with E-state index < -0.39 is 0 Å². The largest absolute Gasteiger partial charge is 0.494 e. The van der Waals surface area contributed by atoms with Gasteiger partial charge in [0, 0.05) is 24.5 Å². The Hall–Kier alpha value is -1.81. The quantitative estimate of drug-likeness (QED) is 0.331. The average molecular weight is 502 g/mol. The van der Waals surface area contributed by atoms with Crippen LogP contribution < -0.4 is 15.4 Å². The zero-order valence-corrected chi connectivity index (χ0v) is 19.0. The van der Waals surface area contributed by atoms with Crippen LogP contribution in [-0.2, 0) is 17.9 Å². The lowest BCUT2D eigenvalue weighted by atomic mass is 10.2. The number of aliphatic imine (C=N–C) groups is 1. The van der Waals surface area contributed by atoms with E-state index >= 15 is 0 Å². The first-order valence-corrected chi connectivity index (χ1v) is 9.43. The van der Waals surface area contributed by atoms with Crippen molar-refractivity contribution in [2.75, 3.05) is 27.2 Å². The Morgan fingerprint density at radius 3 is 2.63 bits per heavy atom. The van der Waals surface area contributed by atoms with Crippen molar-refractivity contribution in [1.29, 1.82) is 0 Å². The van der Waals surface area contributed by atoms with Crippen LogP contribution in [0, 0.1) is 0 Å². The van der Waals surface area contributed by atoms with Gasteiger partial charge >= 0.3 is 0 Å². The molecule has 1 heterocycles. The molecule has 1 aromatic carbocycles. The van der Waals surface area contributed by atoms with Crippen molar-refractivity contribution in [2.24, 2.45) is 4.99 Å². The molecule has 1 aromatic heterocycles. The predicted octanol–water partition coefficient (Wildman–Crippen LogP) is 3.09. The first kappa shape index (κ1) is 23.2. The van der Waals surface area contributed by atoms with E-state index in [9.17, 15) is 4.79 Å². The highest BCUT2D eigenvalue weighted by Crippen LogP contribution is 2.18. The number of hydrogen-bond donors (Lipinski definition) is 2. The zero-order chi connectivity index (χ0) is 18.8. The number of carbonyl (C=O) groups is 1. The first-order valence-electron chi connectivity index (χ1n) is 8.55. The highest BCUT2D eigenvalue weighted by Gasteiger charge is 2.07. The molecule has 0 bridgehead atoms. The van der Waals surface area contributed by atoms with Crippen molar-refractivity contribution in [1.82, 2.24) is 15.5 Å². The summed E-state index contributed by atoms with van der Waals surface area (Å²) in [4.78, 5) is 19.2. The van der Waals surface area contributed by atoms with Gasteiger partial charge in [-0.15, -0.1) is 35.3 Å². The van der Waals surface area contributed by atoms with Gasteiger partial charge in [0.2, 0.25) is 5.91 Å². The lowest BCUT2D eigenvalue weighted by molar-refractivity contribution is -0.127. The van der Waals surface area contributed by atoms with Crippen molar-refractivity contribution < 1.29 is 9.53 Å². The molecule has 6 nitrogen and oxygen atoms in total. The number of carbonyl (C=O) groups excluding carboxylic acids is 1. The Kier molecular flexibility index (Phi) is 10.8. The van der Waals surface area contributed by atoms with Crippen LogP contribution in [0.25, 0.3) is 0 Å². The van der Waals surface area contributed by atoms with Gasteiger partial charge in [-0.1, -0.05) is 24.3 Å². The summed E-state index contributed by atoms with van der Waals surface area (Å²) >= 11 is 1.68. The number of amides is 1. The summed E-state index contributed by atoms with van der Waals surface area (Å²) in [6.07, 6.45) is 0. The van der Waals surface area contributed by atoms with Crippen LogP contribution >= 0.6 is 35.3 Å². The Bertz CT molecular complexity index is 720. The maximum atomic E-state index is 11.9. The molecule has 2 rings (SSSR count). The number of guanidine groups is 1. The van der Waals surface area contributed by atoms with Crippen LogP contribution in [0.4, 0.5) is 0 Å². The van der Waals surface area contributed by atoms with Crippen LogP contribution in [0.5, 0.6) is 5.75 Å². The Balaban J connectivity index is 0.00000364. The van der Waals surface area contributed by atoms with Crippen LogP contribution in [-0.4, -0.2) is 44.0 Å². The molecule has 0 saturated carbocycles. The third-order valence-electron chi connectivity index (χ3n) is 3.60. The summed E-state index contributed by atoms with van der Waals surface area (Å²) in [7, 11) is 3.47. The molecule has 0 spiro atoms. The second-order valence-electron chi connectivity index (χ2n) is 5.78. The number of thiophene rings is 1. The van der Waals surface area contributed by atoms with E-state index in [2.05, 4.69) is 21.7 Å². The van der Waals surface area contributed by atoms with Gasteiger partial charge < -0.3 is 20.3 Å². The van der Waals surface area contributed by atoms with Crippen LogP contribution in [0.15, 0.2) is 46.8 Å². The number of ether oxygens (including phenoxy) is 1. The van der Waals surface area contributed by atoms with Gasteiger partial charge in [-0.05, 0) is 24.4 Å². The Morgan fingerprint density at radius 1 is 1.19 bits per heavy atom. The van der Waals surface area contributed by atoms with Gasteiger partial charge in [0.05, 0.1) is 26.2 Å². The minimum Gasteiger partial charge on any atom is -0.494 e. The SMILES string of the molecule is CCOc1ccccc1CN=C(NCC(=O)N(C)C)NCc1cccs1.I. The molecule has 0 radical (unpaired) electrons. The molecule has 0 saturated heterocycles. The maximum absolute atomic E-state index is 11.9. The summed E-state index contributed by atoms with van der Waals surface area (Å²) in [6.45, 7) is 3.89. The zero-order valence-electron chi connectivity index (χ0n) is 15.9. The standard InChI is InChI=1S/C19H26N4O2S.HI/c1-4-25-17-10-6-5-8-15(17)12-20-19(22-14-18(24)23(2)3)21-13-16-9-7-11-26-16;/h5-11H,4,12-14H2,1-3H3,(H2,20,21,22);1H. The van der Waals surface area contributed by atoms with Gasteiger partial charge in [0.1, 0.15) is 5.75 Å². The normalized spacial score (nSPS) is 10.7. The fourth-order valence-corrected chi connectivity index (χ4v) is 2.82. The Morgan fingerprint density at radius 2 is 1.96 bits per heavy atom. The van der Waals surface area contributed by atoms with Gasteiger partial charge in [-0.2, -0.15) is 0 Å². The summed E-state index contributed by atoms with van der Waals surface area (Å²) in [5.41, 5.74) is 1.01. The summed E-state index contributed by atoms with van der Waals surface area (Å²) < 4.78 is 5.65. The first-order chi connectivity index (χ1) is 12.6. The van der Waals surface area contributed by atoms with Gasteiger partial charge in [0.15, 0.2) is 5.96 Å². The minimum atomic E-state index is -0.00894. The number of benzene rings is 1. The number of rotatable bonds is 8. The van der Waals surface area contributed by atoms with E-state index in [1.165, 1.54) is 4.88 Å². The van der Waals surface area contributed by atoms with Crippen LogP contribution in [0.1, 0.15) is 17.4 Å². The van der Waals surface area contributed by atoms with E-state index in [1.807, 2.05) is 42.6 Å². The maximum Gasteiger partial charge on any atom is 0.241 e. The van der Waals surface area contributed by atoms with Crippen molar-refractivity contribution >= 4 is 47.2 Å². The smallest absolute Gasteiger partial charge is 0.241 e. The summed E-state index contributed by atoms with van der Waals surface area (Å²) in [5, 5.41) is 8.41. The highest BCUT2D eigenvalue weighted by molar-refractivity contribution is 14.0. The molecule has 27 heavy (non-hydrogen) atoms. The van der Waals surface area contributed by atoms with Crippen molar-refractivity contribution in [3.8, 4) is 5.75 Å². The molecular formula is C19H27IN4O2S. The molecule has 0 fully saturated rings. The highest BCUT2D eigenvalue weighted by atomic mass is 127.